The van der Waals surface area contributed by atoms with E-state index in [1.807, 2.05) is 84.6 Å². The highest BCUT2D eigenvalue weighted by atomic mass is 32.2. The average Bonchev–Trinajstić information content (AvgIpc) is 2.85. The van der Waals surface area contributed by atoms with E-state index in [1.54, 1.807) is 36.4 Å². The molecule has 0 fully saturated rings. The van der Waals surface area contributed by atoms with Gasteiger partial charge in [0, 0.05) is 12.1 Å². The third-order valence-corrected chi connectivity index (χ3v) is 6.46. The summed E-state index contributed by atoms with van der Waals surface area (Å²) in [6.07, 6.45) is 0. The van der Waals surface area contributed by atoms with Crippen LogP contribution in [0.5, 0.6) is 5.75 Å². The third kappa shape index (κ3) is 6.06. The van der Waals surface area contributed by atoms with Gasteiger partial charge in [0.15, 0.2) is 5.75 Å². The van der Waals surface area contributed by atoms with Gasteiger partial charge in [-0.2, -0.15) is 8.42 Å². The first-order valence-electron chi connectivity index (χ1n) is 10.9. The van der Waals surface area contributed by atoms with Gasteiger partial charge in [-0.15, -0.1) is 0 Å². The Morgan fingerprint density at radius 1 is 0.765 bits per heavy atom. The Labute approximate surface area is 201 Å². The number of anilines is 1. The lowest BCUT2D eigenvalue weighted by Gasteiger charge is -2.25. The molecule has 5 heteroatoms. The molecule has 0 aliphatic rings. The Kier molecular flexibility index (Phi) is 7.31. The van der Waals surface area contributed by atoms with Crippen molar-refractivity contribution < 1.29 is 12.6 Å². The van der Waals surface area contributed by atoms with Crippen molar-refractivity contribution in [3.8, 4) is 17.6 Å². The van der Waals surface area contributed by atoms with Gasteiger partial charge in [-0.25, -0.2) is 0 Å². The second kappa shape index (κ2) is 10.7. The van der Waals surface area contributed by atoms with Crippen molar-refractivity contribution in [3.05, 3.63) is 126 Å². The van der Waals surface area contributed by atoms with Crippen LogP contribution in [-0.2, 0) is 16.7 Å². The van der Waals surface area contributed by atoms with Crippen LogP contribution in [-0.4, -0.2) is 15.0 Å². The topological polar surface area (TPSA) is 46.6 Å². The molecule has 170 valence electrons. The van der Waals surface area contributed by atoms with E-state index in [0.29, 0.717) is 18.8 Å². The monoisotopic (exact) mass is 467 g/mol. The minimum absolute atomic E-state index is 0.117. The fourth-order valence-corrected chi connectivity index (χ4v) is 4.39. The molecule has 0 aromatic heterocycles. The molecule has 0 saturated carbocycles. The minimum atomic E-state index is -3.99. The van der Waals surface area contributed by atoms with E-state index in [4.69, 9.17) is 4.18 Å². The molecule has 0 atom stereocenters. The average molecular weight is 468 g/mol. The number of aryl methyl sites for hydroxylation is 1. The summed E-state index contributed by atoms with van der Waals surface area (Å²) >= 11 is 0. The van der Waals surface area contributed by atoms with Gasteiger partial charge in [-0.1, -0.05) is 90.2 Å². The highest BCUT2D eigenvalue weighted by molar-refractivity contribution is 7.87. The SMILES string of the molecule is Cc1ccc(S(=O)(=O)Oc2ccccc2N(CC#Cc2ccccc2)Cc2ccccc2)cc1. The molecule has 0 radical (unpaired) electrons. The molecule has 4 aromatic carbocycles. The van der Waals surface area contributed by atoms with Crippen LogP contribution in [0.4, 0.5) is 5.69 Å². The molecule has 0 bridgehead atoms. The zero-order valence-corrected chi connectivity index (χ0v) is 19.7. The number of rotatable bonds is 7. The lowest BCUT2D eigenvalue weighted by atomic mass is 10.2. The summed E-state index contributed by atoms with van der Waals surface area (Å²) in [5, 5.41) is 0. The summed E-state index contributed by atoms with van der Waals surface area (Å²) in [5.74, 6) is 6.66. The molecule has 4 rings (SSSR count). The van der Waals surface area contributed by atoms with Gasteiger partial charge < -0.3 is 9.08 Å². The van der Waals surface area contributed by atoms with Crippen molar-refractivity contribution in [1.82, 2.24) is 0 Å². The predicted molar refractivity (Wildman–Crippen MR) is 136 cm³/mol. The van der Waals surface area contributed by atoms with Crippen LogP contribution in [0.1, 0.15) is 16.7 Å². The normalized spacial score (nSPS) is 10.7. The van der Waals surface area contributed by atoms with Crippen LogP contribution in [0, 0.1) is 18.8 Å². The van der Waals surface area contributed by atoms with Gasteiger partial charge in [0.1, 0.15) is 4.90 Å². The smallest absolute Gasteiger partial charge is 0.339 e. The number of hydrogen-bond acceptors (Lipinski definition) is 4. The predicted octanol–water partition coefficient (Wildman–Crippen LogP) is 5.82. The first-order valence-corrected chi connectivity index (χ1v) is 12.3. The Bertz CT molecular complexity index is 1390. The molecule has 34 heavy (non-hydrogen) atoms. The molecule has 0 unspecified atom stereocenters. The Hall–Kier alpha value is -4.01. The maximum Gasteiger partial charge on any atom is 0.339 e. The van der Waals surface area contributed by atoms with Crippen molar-refractivity contribution in [3.63, 3.8) is 0 Å². The standard InChI is InChI=1S/C29H25NO3S/c1-24-18-20-27(21-19-24)34(31,32)33-29-17-9-8-16-28(29)30(23-26-13-6-3-7-14-26)22-10-15-25-11-4-2-5-12-25/h2-9,11-14,16-21H,22-23H2,1H3. The molecule has 0 amide bonds. The van der Waals surface area contributed by atoms with E-state index in [0.717, 1.165) is 16.7 Å². The Morgan fingerprint density at radius 3 is 2.09 bits per heavy atom. The molecule has 4 nitrogen and oxygen atoms in total. The summed E-state index contributed by atoms with van der Waals surface area (Å²) in [5.41, 5.74) is 3.64. The van der Waals surface area contributed by atoms with Crippen molar-refractivity contribution in [2.24, 2.45) is 0 Å². The highest BCUT2D eigenvalue weighted by Gasteiger charge is 2.20. The summed E-state index contributed by atoms with van der Waals surface area (Å²) in [6, 6.07) is 33.5. The van der Waals surface area contributed by atoms with Crippen molar-refractivity contribution in [2.75, 3.05) is 11.4 Å². The first kappa shape index (κ1) is 23.2. The van der Waals surface area contributed by atoms with E-state index in [-0.39, 0.29) is 10.6 Å². The van der Waals surface area contributed by atoms with Crippen molar-refractivity contribution in [2.45, 2.75) is 18.4 Å². The molecule has 0 heterocycles. The van der Waals surface area contributed by atoms with Gasteiger partial charge in [0.25, 0.3) is 0 Å². The third-order valence-electron chi connectivity index (χ3n) is 5.21. The molecule has 0 N–H and O–H groups in total. The van der Waals surface area contributed by atoms with Gasteiger partial charge in [0.2, 0.25) is 0 Å². The lowest BCUT2D eigenvalue weighted by Crippen LogP contribution is -2.24. The quantitative estimate of drug-likeness (QED) is 0.254. The zero-order chi connectivity index (χ0) is 23.8. The molecule has 0 aliphatic carbocycles. The van der Waals surface area contributed by atoms with Gasteiger partial charge in [-0.3, -0.25) is 0 Å². The van der Waals surface area contributed by atoms with E-state index in [2.05, 4.69) is 11.8 Å². The van der Waals surface area contributed by atoms with E-state index in [9.17, 15) is 8.42 Å². The van der Waals surface area contributed by atoms with Crippen LogP contribution in [0.15, 0.2) is 114 Å². The maximum atomic E-state index is 13.0. The molecule has 0 saturated heterocycles. The van der Waals surface area contributed by atoms with Crippen molar-refractivity contribution in [1.29, 1.82) is 0 Å². The van der Waals surface area contributed by atoms with E-state index >= 15 is 0 Å². The molecular weight excluding hydrogens is 442 g/mol. The summed E-state index contributed by atoms with van der Waals surface area (Å²) in [4.78, 5) is 2.14. The minimum Gasteiger partial charge on any atom is -0.377 e. The molecular formula is C29H25NO3S. The number of nitrogens with zero attached hydrogens (tertiary/aromatic N) is 1. The highest BCUT2D eigenvalue weighted by Crippen LogP contribution is 2.31. The molecule has 4 aromatic rings. The van der Waals surface area contributed by atoms with E-state index < -0.39 is 10.1 Å². The largest absolute Gasteiger partial charge is 0.377 e. The lowest BCUT2D eigenvalue weighted by molar-refractivity contribution is 0.485. The Morgan fingerprint density at radius 2 is 1.38 bits per heavy atom. The van der Waals surface area contributed by atoms with Crippen LogP contribution >= 0.6 is 0 Å². The van der Waals surface area contributed by atoms with Crippen molar-refractivity contribution >= 4 is 15.8 Å². The van der Waals surface area contributed by atoms with Gasteiger partial charge >= 0.3 is 10.1 Å². The van der Waals surface area contributed by atoms with Gasteiger partial charge in [-0.05, 0) is 48.9 Å². The van der Waals surface area contributed by atoms with Crippen LogP contribution in [0.2, 0.25) is 0 Å². The maximum absolute atomic E-state index is 13.0. The molecule has 0 aliphatic heterocycles. The summed E-state index contributed by atoms with van der Waals surface area (Å²) < 4.78 is 31.6. The summed E-state index contributed by atoms with van der Waals surface area (Å²) in [6.45, 7) is 2.86. The van der Waals surface area contributed by atoms with Gasteiger partial charge in [0.05, 0.1) is 12.2 Å². The fourth-order valence-electron chi connectivity index (χ4n) is 3.45. The fraction of sp³-hybridized carbons (Fsp3) is 0.103. The zero-order valence-electron chi connectivity index (χ0n) is 18.9. The van der Waals surface area contributed by atoms with Crippen LogP contribution in [0.25, 0.3) is 0 Å². The van der Waals surface area contributed by atoms with Crippen LogP contribution < -0.4 is 9.08 Å². The number of para-hydroxylation sites is 2. The molecule has 0 spiro atoms. The second-order valence-electron chi connectivity index (χ2n) is 7.83. The number of hydrogen-bond donors (Lipinski definition) is 0. The van der Waals surface area contributed by atoms with E-state index in [1.165, 1.54) is 0 Å². The number of benzene rings is 4. The van der Waals surface area contributed by atoms with Crippen LogP contribution in [0.3, 0.4) is 0 Å². The second-order valence-corrected chi connectivity index (χ2v) is 9.37. The Balaban J connectivity index is 1.66. The summed E-state index contributed by atoms with van der Waals surface area (Å²) in [7, 11) is -3.99. The first-order chi connectivity index (χ1) is 16.5.